The lowest BCUT2D eigenvalue weighted by Crippen LogP contribution is -2.41. The zero-order valence-electron chi connectivity index (χ0n) is 14.5. The van der Waals surface area contributed by atoms with Gasteiger partial charge in [0.2, 0.25) is 0 Å². The van der Waals surface area contributed by atoms with E-state index in [1.165, 1.54) is 0 Å². The van der Waals surface area contributed by atoms with Gasteiger partial charge in [-0.15, -0.1) is 0 Å². The normalized spacial score (nSPS) is 22.7. The summed E-state index contributed by atoms with van der Waals surface area (Å²) in [5.74, 6) is 5.95. The Morgan fingerprint density at radius 1 is 1.35 bits per heavy atom. The molecule has 1 saturated carbocycles. The molecule has 0 aliphatic heterocycles. The first-order valence-corrected chi connectivity index (χ1v) is 8.22. The topological polar surface area (TPSA) is 92.5 Å². The molecule has 128 valence electrons. The van der Waals surface area contributed by atoms with Crippen LogP contribution in [0, 0.1) is 12.8 Å². The fourth-order valence-corrected chi connectivity index (χ4v) is 3.08. The molecule has 1 heterocycles. The predicted molar refractivity (Wildman–Crippen MR) is 91.4 cm³/mol. The van der Waals surface area contributed by atoms with Crippen molar-refractivity contribution >= 4 is 11.8 Å². The molecule has 1 aromatic heterocycles. The number of ether oxygens (including phenoxy) is 1. The van der Waals surface area contributed by atoms with Crippen molar-refractivity contribution in [2.45, 2.75) is 65.0 Å². The molecule has 1 fully saturated rings. The molecule has 23 heavy (non-hydrogen) atoms. The molecule has 1 amide bonds. The summed E-state index contributed by atoms with van der Waals surface area (Å²) in [5, 5.41) is 6.98. The number of carbonyl (C=O) groups excluding carboxylic acids is 1. The largest absolute Gasteiger partial charge is 0.444 e. The maximum atomic E-state index is 11.8. The maximum absolute atomic E-state index is 11.8. The molecule has 1 aliphatic rings. The molecule has 6 heteroatoms. The van der Waals surface area contributed by atoms with Crippen molar-refractivity contribution in [2.24, 2.45) is 16.9 Å². The molecular weight excluding hydrogens is 292 g/mol. The number of nitrogens with zero attached hydrogens (tertiary/aromatic N) is 1. The highest BCUT2D eigenvalue weighted by Crippen LogP contribution is 2.28. The monoisotopic (exact) mass is 320 g/mol. The van der Waals surface area contributed by atoms with Gasteiger partial charge in [-0.25, -0.2) is 4.79 Å². The number of hydrazone groups is 1. The summed E-state index contributed by atoms with van der Waals surface area (Å²) in [7, 11) is 0. The minimum atomic E-state index is -0.466. The second-order valence-electron chi connectivity index (χ2n) is 7.24. The number of amides is 1. The summed E-state index contributed by atoms with van der Waals surface area (Å²) >= 11 is 0. The van der Waals surface area contributed by atoms with Crippen LogP contribution in [0.2, 0.25) is 0 Å². The van der Waals surface area contributed by atoms with Gasteiger partial charge in [0.05, 0.1) is 11.4 Å². The van der Waals surface area contributed by atoms with Crippen LogP contribution in [0.4, 0.5) is 4.79 Å². The Bertz CT molecular complexity index is 563. The van der Waals surface area contributed by atoms with Crippen molar-refractivity contribution in [1.29, 1.82) is 0 Å². The number of alkyl carbamates (subject to hydrolysis) is 1. The third-order valence-corrected chi connectivity index (χ3v) is 4.19. The van der Waals surface area contributed by atoms with Crippen LogP contribution >= 0.6 is 0 Å². The standard InChI is InChI=1S/C17H28N4O2/c1-11-9-10-19-14(11)15(21-18)12-5-7-13(8-6-12)20-16(22)23-17(2,3)4/h9-10,12-13,19H,5-8,18H2,1-4H3,(H,20,22)/b21-15+. The van der Waals surface area contributed by atoms with E-state index < -0.39 is 5.60 Å². The summed E-state index contributed by atoms with van der Waals surface area (Å²) in [5.41, 5.74) is 2.65. The summed E-state index contributed by atoms with van der Waals surface area (Å²) in [4.78, 5) is 15.1. The molecule has 1 aromatic rings. The number of aromatic nitrogens is 1. The Morgan fingerprint density at radius 3 is 2.48 bits per heavy atom. The van der Waals surface area contributed by atoms with Crippen LogP contribution in [0.15, 0.2) is 17.4 Å². The zero-order valence-corrected chi connectivity index (χ0v) is 14.5. The van der Waals surface area contributed by atoms with E-state index in [4.69, 9.17) is 10.6 Å². The number of carbonyl (C=O) groups is 1. The smallest absolute Gasteiger partial charge is 0.407 e. The van der Waals surface area contributed by atoms with Crippen LogP contribution in [0.3, 0.4) is 0 Å². The Hall–Kier alpha value is -1.98. The van der Waals surface area contributed by atoms with Gasteiger partial charge in [-0.1, -0.05) is 0 Å². The number of rotatable bonds is 3. The highest BCUT2D eigenvalue weighted by atomic mass is 16.6. The van der Waals surface area contributed by atoms with E-state index in [0.29, 0.717) is 5.92 Å². The summed E-state index contributed by atoms with van der Waals surface area (Å²) in [6.07, 6.45) is 5.29. The van der Waals surface area contributed by atoms with Crippen molar-refractivity contribution in [2.75, 3.05) is 0 Å². The summed E-state index contributed by atoms with van der Waals surface area (Å²) in [6, 6.07) is 2.18. The molecule has 1 aliphatic carbocycles. The molecule has 0 bridgehead atoms. The second-order valence-corrected chi connectivity index (χ2v) is 7.24. The third-order valence-electron chi connectivity index (χ3n) is 4.19. The van der Waals surface area contributed by atoms with Crippen LogP contribution in [-0.4, -0.2) is 28.4 Å². The van der Waals surface area contributed by atoms with E-state index in [-0.39, 0.29) is 12.1 Å². The minimum Gasteiger partial charge on any atom is -0.444 e. The van der Waals surface area contributed by atoms with Crippen molar-refractivity contribution in [3.05, 3.63) is 23.5 Å². The molecule has 0 unspecified atom stereocenters. The number of nitrogens with two attached hydrogens (primary N) is 1. The highest BCUT2D eigenvalue weighted by molar-refractivity contribution is 6.01. The maximum Gasteiger partial charge on any atom is 0.407 e. The Kier molecular flexibility index (Phi) is 5.34. The quantitative estimate of drug-likeness (QED) is 0.454. The molecule has 2 rings (SSSR count). The van der Waals surface area contributed by atoms with Gasteiger partial charge >= 0.3 is 6.09 Å². The van der Waals surface area contributed by atoms with Crippen molar-refractivity contribution in [3.8, 4) is 0 Å². The van der Waals surface area contributed by atoms with Crippen LogP contribution in [-0.2, 0) is 4.74 Å². The molecule has 6 nitrogen and oxygen atoms in total. The van der Waals surface area contributed by atoms with E-state index in [1.807, 2.05) is 40.0 Å². The van der Waals surface area contributed by atoms with Gasteiger partial charge in [0, 0.05) is 18.2 Å². The van der Waals surface area contributed by atoms with E-state index in [0.717, 1.165) is 42.7 Å². The summed E-state index contributed by atoms with van der Waals surface area (Å²) in [6.45, 7) is 7.65. The predicted octanol–water partition coefficient (Wildman–Crippen LogP) is 3.07. The number of hydrogen-bond acceptors (Lipinski definition) is 4. The average molecular weight is 320 g/mol. The number of hydrogen-bond donors (Lipinski definition) is 3. The SMILES string of the molecule is Cc1cc[nH]c1/C(=N/N)C1CCC(NC(=O)OC(C)(C)C)CC1. The Morgan fingerprint density at radius 2 is 2.00 bits per heavy atom. The highest BCUT2D eigenvalue weighted by Gasteiger charge is 2.28. The average Bonchev–Trinajstić information content (AvgIpc) is 2.86. The lowest BCUT2D eigenvalue weighted by atomic mass is 9.82. The Balaban J connectivity index is 1.89. The minimum absolute atomic E-state index is 0.157. The second kappa shape index (κ2) is 7.06. The fraction of sp³-hybridized carbons (Fsp3) is 0.647. The first-order chi connectivity index (χ1) is 10.8. The third kappa shape index (κ3) is 4.74. The fourth-order valence-electron chi connectivity index (χ4n) is 3.08. The molecular formula is C17H28N4O2. The van der Waals surface area contributed by atoms with Crippen molar-refractivity contribution < 1.29 is 9.53 Å². The van der Waals surface area contributed by atoms with E-state index in [2.05, 4.69) is 15.4 Å². The lowest BCUT2D eigenvalue weighted by molar-refractivity contribution is 0.0491. The van der Waals surface area contributed by atoms with Gasteiger partial charge in [-0.3, -0.25) is 0 Å². The van der Waals surface area contributed by atoms with Gasteiger partial charge in [0.15, 0.2) is 0 Å². The van der Waals surface area contributed by atoms with E-state index >= 15 is 0 Å². The zero-order chi connectivity index (χ0) is 17.0. The van der Waals surface area contributed by atoms with Crippen LogP contribution < -0.4 is 11.2 Å². The Labute approximate surface area is 137 Å². The molecule has 0 radical (unpaired) electrons. The summed E-state index contributed by atoms with van der Waals surface area (Å²) < 4.78 is 5.31. The van der Waals surface area contributed by atoms with E-state index in [9.17, 15) is 4.79 Å². The molecule has 0 atom stereocenters. The van der Waals surface area contributed by atoms with Gasteiger partial charge < -0.3 is 20.9 Å². The number of aryl methyl sites for hydroxylation is 1. The number of H-pyrrole nitrogens is 1. The van der Waals surface area contributed by atoms with E-state index in [1.54, 1.807) is 0 Å². The number of nitrogens with one attached hydrogen (secondary N) is 2. The first kappa shape index (κ1) is 17.4. The van der Waals surface area contributed by atoms with Crippen LogP contribution in [0.5, 0.6) is 0 Å². The molecule has 0 spiro atoms. The van der Waals surface area contributed by atoms with Gasteiger partial charge in [0.25, 0.3) is 0 Å². The van der Waals surface area contributed by atoms with Crippen molar-refractivity contribution in [3.63, 3.8) is 0 Å². The van der Waals surface area contributed by atoms with Gasteiger partial charge in [-0.2, -0.15) is 5.10 Å². The van der Waals surface area contributed by atoms with Gasteiger partial charge in [0.1, 0.15) is 5.60 Å². The van der Waals surface area contributed by atoms with Crippen molar-refractivity contribution in [1.82, 2.24) is 10.3 Å². The molecule has 0 saturated heterocycles. The molecule has 0 aromatic carbocycles. The first-order valence-electron chi connectivity index (χ1n) is 8.22. The molecule has 4 N–H and O–H groups in total. The lowest BCUT2D eigenvalue weighted by Gasteiger charge is -2.30. The van der Waals surface area contributed by atoms with Crippen LogP contribution in [0.25, 0.3) is 0 Å². The number of aromatic amines is 1. The van der Waals surface area contributed by atoms with Crippen LogP contribution in [0.1, 0.15) is 57.7 Å². The van der Waals surface area contributed by atoms with Gasteiger partial charge in [-0.05, 0) is 65.0 Å².